The van der Waals surface area contributed by atoms with Crippen LogP contribution in [-0.2, 0) is 6.42 Å². The van der Waals surface area contributed by atoms with Gasteiger partial charge in [-0.3, -0.25) is 4.79 Å². The molecule has 4 heteroatoms. The van der Waals surface area contributed by atoms with E-state index in [0.717, 1.165) is 30.5 Å². The van der Waals surface area contributed by atoms with Gasteiger partial charge in [-0.1, -0.05) is 80.4 Å². The van der Waals surface area contributed by atoms with Crippen molar-refractivity contribution in [3.8, 4) is 11.8 Å². The van der Waals surface area contributed by atoms with Crippen molar-refractivity contribution in [3.05, 3.63) is 119 Å². The van der Waals surface area contributed by atoms with Gasteiger partial charge in [0.1, 0.15) is 5.69 Å². The highest BCUT2D eigenvalue weighted by atomic mass is 16.1. The van der Waals surface area contributed by atoms with Gasteiger partial charge in [0.15, 0.2) is 5.78 Å². The van der Waals surface area contributed by atoms with Crippen LogP contribution in [0.2, 0.25) is 0 Å². The van der Waals surface area contributed by atoms with Gasteiger partial charge in [-0.05, 0) is 54.3 Å². The Balaban J connectivity index is 1.61. The summed E-state index contributed by atoms with van der Waals surface area (Å²) in [6.07, 6.45) is 3.69. The van der Waals surface area contributed by atoms with Gasteiger partial charge in [0, 0.05) is 12.3 Å². The number of benzene rings is 3. The summed E-state index contributed by atoms with van der Waals surface area (Å²) in [7, 11) is 0. The van der Waals surface area contributed by atoms with Crippen molar-refractivity contribution in [1.82, 2.24) is 9.78 Å². The lowest BCUT2D eigenvalue weighted by atomic mass is 9.86. The van der Waals surface area contributed by atoms with Gasteiger partial charge in [0.25, 0.3) is 0 Å². The second-order valence-corrected chi connectivity index (χ2v) is 8.70. The van der Waals surface area contributed by atoms with Crippen molar-refractivity contribution in [1.29, 1.82) is 5.26 Å². The highest BCUT2D eigenvalue weighted by molar-refractivity contribution is 5.96. The zero-order chi connectivity index (χ0) is 23.9. The summed E-state index contributed by atoms with van der Waals surface area (Å²) >= 11 is 0. The Morgan fingerprint density at radius 2 is 1.74 bits per heavy atom. The number of nitriles is 1. The van der Waals surface area contributed by atoms with E-state index in [1.54, 1.807) is 16.8 Å². The van der Waals surface area contributed by atoms with E-state index in [9.17, 15) is 10.1 Å². The first-order valence-electron chi connectivity index (χ1n) is 11.8. The zero-order valence-corrected chi connectivity index (χ0v) is 19.7. The Morgan fingerprint density at radius 3 is 2.50 bits per heavy atom. The minimum Gasteiger partial charge on any atom is -0.292 e. The number of ketones is 1. The molecule has 0 spiro atoms. The number of hydrogen-bond acceptors (Lipinski definition) is 3. The summed E-state index contributed by atoms with van der Waals surface area (Å²) in [5.74, 6) is 0.322. The molecule has 0 bridgehead atoms. The maximum atomic E-state index is 13.4. The van der Waals surface area contributed by atoms with Gasteiger partial charge in [0.2, 0.25) is 0 Å². The van der Waals surface area contributed by atoms with Crippen LogP contribution >= 0.6 is 0 Å². The summed E-state index contributed by atoms with van der Waals surface area (Å²) in [4.78, 5) is 13.4. The molecule has 1 aromatic heterocycles. The first-order valence-corrected chi connectivity index (χ1v) is 11.8. The molecular weight excluding hydrogens is 418 g/mol. The fraction of sp³-hybridized carbons (Fsp3) is 0.233. The Hall–Kier alpha value is -3.97. The number of aromatic nitrogens is 2. The fourth-order valence-corrected chi connectivity index (χ4v) is 4.42. The van der Waals surface area contributed by atoms with Crippen LogP contribution in [0.1, 0.15) is 70.5 Å². The molecule has 0 aliphatic heterocycles. The van der Waals surface area contributed by atoms with Gasteiger partial charge in [-0.2, -0.15) is 10.4 Å². The normalized spacial score (nSPS) is 11.7. The summed E-state index contributed by atoms with van der Waals surface area (Å²) in [6, 6.07) is 30.2. The van der Waals surface area contributed by atoms with Gasteiger partial charge in [-0.15, -0.1) is 0 Å². The van der Waals surface area contributed by atoms with Crippen LogP contribution in [0.4, 0.5) is 0 Å². The molecule has 1 atom stereocenters. The number of unbranched alkanes of at least 4 members (excludes halogenated alkanes) is 1. The molecule has 34 heavy (non-hydrogen) atoms. The van der Waals surface area contributed by atoms with Crippen LogP contribution in [0.15, 0.2) is 84.9 Å². The van der Waals surface area contributed by atoms with E-state index in [2.05, 4.69) is 60.6 Å². The van der Waals surface area contributed by atoms with Crippen molar-refractivity contribution in [2.45, 2.75) is 45.4 Å². The molecular formula is C30H29N3O. The molecule has 4 aromatic rings. The van der Waals surface area contributed by atoms with Crippen LogP contribution in [-0.4, -0.2) is 15.6 Å². The molecule has 0 saturated heterocycles. The fourth-order valence-electron chi connectivity index (χ4n) is 4.42. The zero-order valence-electron chi connectivity index (χ0n) is 19.7. The molecule has 1 heterocycles. The van der Waals surface area contributed by atoms with Crippen LogP contribution in [0, 0.1) is 18.3 Å². The Labute approximate surface area is 201 Å². The second-order valence-electron chi connectivity index (χ2n) is 8.70. The number of rotatable bonds is 9. The highest BCUT2D eigenvalue weighted by Gasteiger charge is 2.18. The summed E-state index contributed by atoms with van der Waals surface area (Å²) in [5, 5.41) is 13.8. The first-order chi connectivity index (χ1) is 16.6. The van der Waals surface area contributed by atoms with Gasteiger partial charge in [-0.25, -0.2) is 4.68 Å². The summed E-state index contributed by atoms with van der Waals surface area (Å²) < 4.78 is 1.65. The van der Waals surface area contributed by atoms with E-state index in [0.29, 0.717) is 29.3 Å². The predicted octanol–water partition coefficient (Wildman–Crippen LogP) is 6.80. The largest absolute Gasteiger partial charge is 0.292 e. The molecule has 1 unspecified atom stereocenters. The number of nitrogens with zero attached hydrogens (tertiary/aromatic N) is 3. The molecule has 0 aliphatic carbocycles. The Morgan fingerprint density at radius 1 is 0.971 bits per heavy atom. The average molecular weight is 448 g/mol. The van der Waals surface area contributed by atoms with E-state index in [1.165, 1.54) is 11.1 Å². The van der Waals surface area contributed by atoms with Crippen molar-refractivity contribution in [3.63, 3.8) is 0 Å². The van der Waals surface area contributed by atoms with E-state index in [-0.39, 0.29) is 5.78 Å². The maximum Gasteiger partial charge on any atom is 0.185 e. The van der Waals surface area contributed by atoms with E-state index in [4.69, 9.17) is 0 Å². The van der Waals surface area contributed by atoms with Crippen LogP contribution in [0.25, 0.3) is 5.69 Å². The lowest BCUT2D eigenvalue weighted by Crippen LogP contribution is -2.12. The topological polar surface area (TPSA) is 58.7 Å². The van der Waals surface area contributed by atoms with Crippen LogP contribution < -0.4 is 0 Å². The van der Waals surface area contributed by atoms with E-state index < -0.39 is 0 Å². The molecule has 0 N–H and O–H groups in total. The smallest absolute Gasteiger partial charge is 0.185 e. The van der Waals surface area contributed by atoms with Crippen molar-refractivity contribution in [2.75, 3.05) is 0 Å². The number of Topliss-reactive ketones (excluding diaryl/α,β-unsaturated/α-hetero) is 1. The summed E-state index contributed by atoms with van der Waals surface area (Å²) in [5.41, 5.74) is 6.11. The van der Waals surface area contributed by atoms with Gasteiger partial charge in [0.05, 0.1) is 23.0 Å². The molecule has 4 nitrogen and oxygen atoms in total. The standard InChI is InChI=1S/C30H29N3O/c1-3-4-16-28(25-12-6-5-7-13-25)26-14-8-10-23(18-26)20-30(34)29-17-22(2)32-33(29)27-15-9-11-24(19-27)21-31/h5-15,17-19,28H,3-4,16,20H2,1-2H3. The molecule has 0 saturated carbocycles. The lowest BCUT2D eigenvalue weighted by molar-refractivity contribution is 0.0985. The predicted molar refractivity (Wildman–Crippen MR) is 135 cm³/mol. The molecule has 0 fully saturated rings. The molecule has 0 amide bonds. The molecule has 3 aromatic carbocycles. The van der Waals surface area contributed by atoms with Crippen molar-refractivity contribution < 1.29 is 4.79 Å². The van der Waals surface area contributed by atoms with Gasteiger partial charge < -0.3 is 0 Å². The molecule has 0 aliphatic rings. The third-order valence-corrected chi connectivity index (χ3v) is 6.10. The number of carbonyl (C=O) groups is 1. The lowest BCUT2D eigenvalue weighted by Gasteiger charge is -2.19. The first kappa shape index (κ1) is 23.2. The summed E-state index contributed by atoms with van der Waals surface area (Å²) in [6.45, 7) is 4.09. The average Bonchev–Trinajstić information content (AvgIpc) is 3.27. The maximum absolute atomic E-state index is 13.4. The minimum absolute atomic E-state index is 0.00456. The van der Waals surface area contributed by atoms with Crippen LogP contribution in [0.5, 0.6) is 0 Å². The van der Waals surface area contributed by atoms with E-state index >= 15 is 0 Å². The van der Waals surface area contributed by atoms with E-state index in [1.807, 2.05) is 37.3 Å². The monoisotopic (exact) mass is 447 g/mol. The quantitative estimate of drug-likeness (QED) is 0.265. The van der Waals surface area contributed by atoms with Gasteiger partial charge >= 0.3 is 0 Å². The third kappa shape index (κ3) is 5.32. The molecule has 4 rings (SSSR count). The second kappa shape index (κ2) is 10.8. The van der Waals surface area contributed by atoms with Crippen molar-refractivity contribution >= 4 is 5.78 Å². The number of carbonyl (C=O) groups excluding carboxylic acids is 1. The number of hydrogen-bond donors (Lipinski definition) is 0. The molecule has 170 valence electrons. The SMILES string of the molecule is CCCCC(c1ccccc1)c1cccc(CC(=O)c2cc(C)nn2-c2cccc(C#N)c2)c1. The Kier molecular flexibility index (Phi) is 7.34. The molecule has 0 radical (unpaired) electrons. The van der Waals surface area contributed by atoms with Crippen molar-refractivity contribution in [2.24, 2.45) is 0 Å². The third-order valence-electron chi connectivity index (χ3n) is 6.10. The number of aryl methyl sites for hydroxylation is 1. The Bertz CT molecular complexity index is 1310. The minimum atomic E-state index is 0.00456. The van der Waals surface area contributed by atoms with Crippen LogP contribution in [0.3, 0.4) is 0 Å². The highest BCUT2D eigenvalue weighted by Crippen LogP contribution is 2.30.